The first-order valence-electron chi connectivity index (χ1n) is 4.91. The Morgan fingerprint density at radius 1 is 1.11 bits per heavy atom. The van der Waals surface area contributed by atoms with Gasteiger partial charge in [-0.25, -0.2) is 4.31 Å². The van der Waals surface area contributed by atoms with E-state index in [-0.39, 0.29) is 11.8 Å². The molecule has 0 saturated heterocycles. The van der Waals surface area contributed by atoms with Gasteiger partial charge in [0, 0.05) is 14.2 Å². The Bertz CT molecular complexity index is 520. The largest absolute Gasteiger partial charge is 0.324 e. The Labute approximate surface area is 113 Å². The lowest BCUT2D eigenvalue weighted by Gasteiger charge is -2.20. The molecular formula is C10H10NO4PS2. The van der Waals surface area contributed by atoms with Crippen LogP contribution in [0.5, 0.6) is 0 Å². The van der Waals surface area contributed by atoms with E-state index in [9.17, 15) is 9.59 Å². The quantitative estimate of drug-likeness (QED) is 0.484. The predicted octanol–water partition coefficient (Wildman–Crippen LogP) is 2.45. The van der Waals surface area contributed by atoms with Crippen molar-refractivity contribution in [1.82, 2.24) is 4.31 Å². The summed E-state index contributed by atoms with van der Waals surface area (Å²) < 4.78 is 11.1. The van der Waals surface area contributed by atoms with Crippen LogP contribution in [-0.2, 0) is 20.9 Å². The molecule has 0 aromatic heterocycles. The van der Waals surface area contributed by atoms with Crippen molar-refractivity contribution in [2.45, 2.75) is 0 Å². The third-order valence-corrected chi connectivity index (χ3v) is 7.45. The summed E-state index contributed by atoms with van der Waals surface area (Å²) in [4.78, 5) is 24.1. The Morgan fingerprint density at radius 3 is 1.94 bits per heavy atom. The maximum atomic E-state index is 12.1. The van der Waals surface area contributed by atoms with Gasteiger partial charge in [-0.2, -0.15) is 0 Å². The molecule has 1 heterocycles. The van der Waals surface area contributed by atoms with E-state index < -0.39 is 5.69 Å². The van der Waals surface area contributed by atoms with Crippen LogP contribution in [0.4, 0.5) is 0 Å². The highest BCUT2D eigenvalue weighted by atomic mass is 32.9. The van der Waals surface area contributed by atoms with Crippen molar-refractivity contribution in [2.24, 2.45) is 0 Å². The number of fused-ring (bicyclic) bond motifs is 1. The predicted molar refractivity (Wildman–Crippen MR) is 72.8 cm³/mol. The molecule has 8 heteroatoms. The average Bonchev–Trinajstić information content (AvgIpc) is 2.64. The van der Waals surface area contributed by atoms with Gasteiger partial charge in [0.25, 0.3) is 17.5 Å². The lowest BCUT2D eigenvalue weighted by Crippen LogP contribution is -2.22. The second-order valence-electron chi connectivity index (χ2n) is 3.34. The van der Waals surface area contributed by atoms with Crippen molar-refractivity contribution in [1.29, 1.82) is 0 Å². The van der Waals surface area contributed by atoms with Crippen molar-refractivity contribution in [3.63, 3.8) is 0 Å². The van der Waals surface area contributed by atoms with E-state index in [1.165, 1.54) is 14.2 Å². The summed E-state index contributed by atoms with van der Waals surface area (Å²) in [7, 11) is 2.80. The van der Waals surface area contributed by atoms with Crippen LogP contribution in [0.2, 0.25) is 0 Å². The minimum Gasteiger partial charge on any atom is -0.324 e. The first kappa shape index (κ1) is 13.7. The van der Waals surface area contributed by atoms with E-state index in [1.54, 1.807) is 24.3 Å². The Hall–Kier alpha value is -0.720. The normalized spacial score (nSPS) is 15.1. The summed E-state index contributed by atoms with van der Waals surface area (Å²) in [6.07, 6.45) is 0. The summed E-state index contributed by atoms with van der Waals surface area (Å²) in [6, 6.07) is 6.64. The molecule has 0 N–H and O–H groups in total. The molecule has 0 fully saturated rings. The minimum atomic E-state index is -2.70. The highest BCUT2D eigenvalue weighted by Crippen LogP contribution is 2.62. The molecule has 96 valence electrons. The first-order valence-corrected chi connectivity index (χ1v) is 8.93. The van der Waals surface area contributed by atoms with E-state index in [0.29, 0.717) is 11.1 Å². The summed E-state index contributed by atoms with van der Waals surface area (Å²) >= 11 is 5.98. The van der Waals surface area contributed by atoms with Gasteiger partial charge in [-0.1, -0.05) is 12.1 Å². The smallest absolute Gasteiger partial charge is 0.272 e. The van der Waals surface area contributed by atoms with Gasteiger partial charge in [0.1, 0.15) is 0 Å². The van der Waals surface area contributed by atoms with Gasteiger partial charge in [0.05, 0.1) is 22.7 Å². The number of amides is 2. The number of imide groups is 1. The van der Waals surface area contributed by atoms with Crippen LogP contribution in [0.1, 0.15) is 20.7 Å². The third kappa shape index (κ3) is 2.24. The van der Waals surface area contributed by atoms with Crippen molar-refractivity contribution >= 4 is 40.9 Å². The molecule has 0 spiro atoms. The zero-order valence-corrected chi connectivity index (χ0v) is 12.2. The van der Waals surface area contributed by atoms with Gasteiger partial charge in [0.15, 0.2) is 0 Å². The van der Waals surface area contributed by atoms with E-state index in [4.69, 9.17) is 20.9 Å². The lowest BCUT2D eigenvalue weighted by molar-refractivity contribution is 0.0778. The fourth-order valence-electron chi connectivity index (χ4n) is 1.48. The van der Waals surface area contributed by atoms with Crippen LogP contribution in [-0.4, -0.2) is 30.3 Å². The topological polar surface area (TPSA) is 55.8 Å². The summed E-state index contributed by atoms with van der Waals surface area (Å²) in [5, 5.41) is 0. The monoisotopic (exact) mass is 303 g/mol. The molecule has 5 nitrogen and oxygen atoms in total. The molecule has 0 saturated carbocycles. The van der Waals surface area contributed by atoms with Crippen molar-refractivity contribution in [3.05, 3.63) is 35.4 Å². The van der Waals surface area contributed by atoms with E-state index in [0.717, 1.165) is 15.9 Å². The molecule has 0 unspecified atom stereocenters. The number of benzene rings is 1. The SMILES string of the molecule is COP(=S)(OC)SN1C(=O)c2ccccc2C1=O. The molecule has 1 aliphatic rings. The fourth-order valence-corrected chi connectivity index (χ4v) is 4.35. The molecule has 2 amide bonds. The number of hydrogen-bond donors (Lipinski definition) is 0. The highest BCUT2D eigenvalue weighted by molar-refractivity contribution is 8.67. The van der Waals surface area contributed by atoms with Crippen LogP contribution in [0.3, 0.4) is 0 Å². The van der Waals surface area contributed by atoms with Crippen LogP contribution in [0.25, 0.3) is 0 Å². The molecule has 0 atom stereocenters. The minimum absolute atomic E-state index is 0.378. The molecule has 1 aromatic rings. The lowest BCUT2D eigenvalue weighted by atomic mass is 10.1. The summed E-state index contributed by atoms with van der Waals surface area (Å²) in [5.74, 6) is -0.771. The molecule has 1 aliphatic heterocycles. The maximum Gasteiger partial charge on any atom is 0.272 e. The second kappa shape index (κ2) is 5.11. The Balaban J connectivity index is 2.32. The second-order valence-corrected chi connectivity index (χ2v) is 9.57. The molecular weight excluding hydrogens is 293 g/mol. The molecule has 18 heavy (non-hydrogen) atoms. The summed E-state index contributed by atoms with van der Waals surface area (Å²) in [5.41, 5.74) is -1.94. The Morgan fingerprint density at radius 2 is 1.56 bits per heavy atom. The van der Waals surface area contributed by atoms with Gasteiger partial charge >= 0.3 is 0 Å². The van der Waals surface area contributed by atoms with Gasteiger partial charge in [-0.3, -0.25) is 9.59 Å². The maximum absolute atomic E-state index is 12.1. The molecule has 0 bridgehead atoms. The highest BCUT2D eigenvalue weighted by Gasteiger charge is 2.39. The first-order chi connectivity index (χ1) is 8.52. The standard InChI is InChI=1S/C10H10NO4PS2/c1-14-16(17,15-2)18-11-9(12)7-5-3-4-6-8(7)10(11)13/h3-6H,1-2H3. The van der Waals surface area contributed by atoms with E-state index in [1.807, 2.05) is 0 Å². The van der Waals surface area contributed by atoms with Gasteiger partial charge in [-0.15, -0.1) is 0 Å². The van der Waals surface area contributed by atoms with Gasteiger partial charge in [-0.05, 0) is 23.9 Å². The number of carbonyl (C=O) groups is 2. The average molecular weight is 303 g/mol. The zero-order valence-electron chi connectivity index (χ0n) is 9.65. The van der Waals surface area contributed by atoms with Crippen molar-refractivity contribution in [2.75, 3.05) is 14.2 Å². The number of nitrogens with zero attached hydrogens (tertiary/aromatic N) is 1. The number of rotatable bonds is 4. The molecule has 0 aliphatic carbocycles. The summed E-state index contributed by atoms with van der Waals surface area (Å²) in [6.45, 7) is 0. The van der Waals surface area contributed by atoms with Crippen molar-refractivity contribution < 1.29 is 18.6 Å². The van der Waals surface area contributed by atoms with E-state index >= 15 is 0 Å². The van der Waals surface area contributed by atoms with Crippen LogP contribution in [0.15, 0.2) is 24.3 Å². The molecule has 1 aromatic carbocycles. The van der Waals surface area contributed by atoms with Crippen molar-refractivity contribution in [3.8, 4) is 0 Å². The van der Waals surface area contributed by atoms with Crippen LogP contribution >= 0.6 is 17.3 Å². The third-order valence-electron chi connectivity index (χ3n) is 2.39. The molecule has 2 rings (SSSR count). The van der Waals surface area contributed by atoms with Crippen LogP contribution in [0, 0.1) is 0 Å². The number of carbonyl (C=O) groups excluding carboxylic acids is 2. The van der Waals surface area contributed by atoms with E-state index in [2.05, 4.69) is 0 Å². The fraction of sp³-hybridized carbons (Fsp3) is 0.200. The number of hydrogen-bond acceptors (Lipinski definition) is 6. The van der Waals surface area contributed by atoms with Gasteiger partial charge < -0.3 is 9.05 Å². The van der Waals surface area contributed by atoms with Gasteiger partial charge in [0.2, 0.25) is 0 Å². The zero-order chi connectivity index (χ0) is 13.3. The molecule has 0 radical (unpaired) electrons. The Kier molecular flexibility index (Phi) is 3.89. The van der Waals surface area contributed by atoms with Crippen LogP contribution < -0.4 is 0 Å².